The van der Waals surface area contributed by atoms with Gasteiger partial charge in [0.15, 0.2) is 0 Å². The third-order valence-electron chi connectivity index (χ3n) is 3.06. The number of aliphatic carboxylic acids is 1. The van der Waals surface area contributed by atoms with Crippen LogP contribution < -0.4 is 5.32 Å². The van der Waals surface area contributed by atoms with Crippen LogP contribution in [0.2, 0.25) is 0 Å². The summed E-state index contributed by atoms with van der Waals surface area (Å²) < 4.78 is 0. The van der Waals surface area contributed by atoms with E-state index in [2.05, 4.69) is 24.1 Å². The van der Waals surface area contributed by atoms with E-state index in [0.717, 1.165) is 19.6 Å². The molecule has 94 valence electrons. The van der Waals surface area contributed by atoms with Crippen LogP contribution in [0, 0.1) is 5.92 Å². The molecule has 1 aliphatic rings. The number of carboxylic acids is 1. The molecule has 0 aromatic heterocycles. The van der Waals surface area contributed by atoms with Gasteiger partial charge in [-0.25, -0.2) is 0 Å². The number of rotatable bonds is 6. The monoisotopic (exact) mass is 228 g/mol. The fourth-order valence-electron chi connectivity index (χ4n) is 2.18. The topological polar surface area (TPSA) is 52.6 Å². The highest BCUT2D eigenvalue weighted by atomic mass is 16.4. The second-order valence-electron chi connectivity index (χ2n) is 5.02. The van der Waals surface area contributed by atoms with Gasteiger partial charge in [-0.3, -0.25) is 4.79 Å². The van der Waals surface area contributed by atoms with E-state index in [1.54, 1.807) is 0 Å². The largest absolute Gasteiger partial charge is 0.481 e. The van der Waals surface area contributed by atoms with Crippen molar-refractivity contribution in [3.05, 3.63) is 0 Å². The summed E-state index contributed by atoms with van der Waals surface area (Å²) in [6.07, 6.45) is 2.73. The molecular formula is C12H24N2O2. The number of likely N-dealkylation sites (tertiary alicyclic amines) is 1. The lowest BCUT2D eigenvalue weighted by atomic mass is 9.97. The van der Waals surface area contributed by atoms with Crippen molar-refractivity contribution in [1.29, 1.82) is 0 Å². The predicted molar refractivity (Wildman–Crippen MR) is 64.6 cm³/mol. The van der Waals surface area contributed by atoms with Crippen LogP contribution in [0.5, 0.6) is 0 Å². The van der Waals surface area contributed by atoms with Gasteiger partial charge >= 0.3 is 5.97 Å². The molecule has 1 fully saturated rings. The Balaban J connectivity index is 2.21. The number of carbonyl (C=O) groups is 1. The second kappa shape index (κ2) is 6.86. The highest BCUT2D eigenvalue weighted by Crippen LogP contribution is 2.15. The lowest BCUT2D eigenvalue weighted by Crippen LogP contribution is -2.41. The van der Waals surface area contributed by atoms with Crippen LogP contribution in [0.1, 0.15) is 33.1 Å². The molecule has 1 rings (SSSR count). The Morgan fingerprint density at radius 3 is 2.94 bits per heavy atom. The minimum Gasteiger partial charge on any atom is -0.481 e. The van der Waals surface area contributed by atoms with Crippen molar-refractivity contribution in [2.75, 3.05) is 26.2 Å². The summed E-state index contributed by atoms with van der Waals surface area (Å²) in [4.78, 5) is 12.8. The first kappa shape index (κ1) is 13.5. The van der Waals surface area contributed by atoms with Crippen LogP contribution in [-0.4, -0.2) is 48.2 Å². The molecule has 0 spiro atoms. The van der Waals surface area contributed by atoms with Gasteiger partial charge in [0.1, 0.15) is 0 Å². The molecule has 1 aliphatic heterocycles. The Morgan fingerprint density at radius 2 is 2.31 bits per heavy atom. The summed E-state index contributed by atoms with van der Waals surface area (Å²) in [5.74, 6) is -0.00706. The van der Waals surface area contributed by atoms with Crippen molar-refractivity contribution >= 4 is 5.97 Å². The first-order valence-corrected chi connectivity index (χ1v) is 6.25. The molecule has 4 heteroatoms. The van der Waals surface area contributed by atoms with Gasteiger partial charge in [0, 0.05) is 19.1 Å². The maximum absolute atomic E-state index is 10.5. The maximum atomic E-state index is 10.5. The summed E-state index contributed by atoms with van der Waals surface area (Å²) >= 11 is 0. The van der Waals surface area contributed by atoms with Crippen LogP contribution in [0.3, 0.4) is 0 Å². The molecule has 0 aromatic carbocycles. The first-order chi connectivity index (χ1) is 7.58. The quantitative estimate of drug-likeness (QED) is 0.716. The summed E-state index contributed by atoms with van der Waals surface area (Å²) in [6.45, 7) is 8.18. The van der Waals surface area contributed by atoms with Crippen LogP contribution in [0.15, 0.2) is 0 Å². The van der Waals surface area contributed by atoms with Crippen molar-refractivity contribution in [2.45, 2.75) is 39.2 Å². The van der Waals surface area contributed by atoms with Crippen molar-refractivity contribution < 1.29 is 9.90 Å². The van der Waals surface area contributed by atoms with Gasteiger partial charge in [-0.2, -0.15) is 0 Å². The number of nitrogens with zero attached hydrogens (tertiary/aromatic N) is 1. The lowest BCUT2D eigenvalue weighted by molar-refractivity contribution is -0.137. The van der Waals surface area contributed by atoms with Crippen molar-refractivity contribution in [3.63, 3.8) is 0 Å². The average Bonchev–Trinajstić information content (AvgIpc) is 2.24. The molecule has 4 nitrogen and oxygen atoms in total. The maximum Gasteiger partial charge on any atom is 0.304 e. The first-order valence-electron chi connectivity index (χ1n) is 6.25. The van der Waals surface area contributed by atoms with Crippen LogP contribution in [0.4, 0.5) is 0 Å². The standard InChI is InChI=1S/C12H24N2O2/c1-10(2)13-8-11-4-3-6-14(9-11)7-5-12(15)16/h10-11,13H,3-9H2,1-2H3,(H,15,16). The molecule has 0 bridgehead atoms. The molecule has 1 atom stereocenters. The molecule has 0 radical (unpaired) electrons. The van der Waals surface area contributed by atoms with E-state index in [4.69, 9.17) is 5.11 Å². The smallest absolute Gasteiger partial charge is 0.304 e. The molecule has 16 heavy (non-hydrogen) atoms. The Bertz CT molecular complexity index is 219. The van der Waals surface area contributed by atoms with E-state index in [1.165, 1.54) is 12.8 Å². The molecular weight excluding hydrogens is 204 g/mol. The average molecular weight is 228 g/mol. The summed E-state index contributed by atoms with van der Waals surface area (Å²) in [7, 11) is 0. The summed E-state index contributed by atoms with van der Waals surface area (Å²) in [6, 6.07) is 0.536. The lowest BCUT2D eigenvalue weighted by Gasteiger charge is -2.32. The van der Waals surface area contributed by atoms with E-state index in [9.17, 15) is 4.79 Å². The molecule has 0 amide bonds. The minimum atomic E-state index is -0.692. The van der Waals surface area contributed by atoms with Gasteiger partial charge in [-0.05, 0) is 31.8 Å². The summed E-state index contributed by atoms with van der Waals surface area (Å²) in [5, 5.41) is 12.1. The second-order valence-corrected chi connectivity index (χ2v) is 5.02. The number of carboxylic acid groups (broad SMARTS) is 1. The van der Waals surface area contributed by atoms with E-state index in [-0.39, 0.29) is 6.42 Å². The van der Waals surface area contributed by atoms with E-state index in [0.29, 0.717) is 18.5 Å². The Hall–Kier alpha value is -0.610. The number of piperidine rings is 1. The molecule has 1 saturated heterocycles. The fraction of sp³-hybridized carbons (Fsp3) is 0.917. The van der Waals surface area contributed by atoms with E-state index in [1.807, 2.05) is 0 Å². The van der Waals surface area contributed by atoms with Gasteiger partial charge in [0.05, 0.1) is 6.42 Å². The highest BCUT2D eigenvalue weighted by molar-refractivity contribution is 5.66. The number of nitrogens with one attached hydrogen (secondary N) is 1. The van der Waals surface area contributed by atoms with E-state index < -0.39 is 5.97 Å². The normalized spacial score (nSPS) is 22.6. The van der Waals surface area contributed by atoms with Gasteiger partial charge in [0.25, 0.3) is 0 Å². The third-order valence-corrected chi connectivity index (χ3v) is 3.06. The van der Waals surface area contributed by atoms with Crippen LogP contribution in [-0.2, 0) is 4.79 Å². The summed E-state index contributed by atoms with van der Waals surface area (Å²) in [5.41, 5.74) is 0. The Labute approximate surface area is 98.0 Å². The SMILES string of the molecule is CC(C)NCC1CCCN(CCC(=O)O)C1. The van der Waals surface area contributed by atoms with Gasteiger partial charge < -0.3 is 15.3 Å². The molecule has 1 heterocycles. The van der Waals surface area contributed by atoms with Crippen LogP contribution >= 0.6 is 0 Å². The predicted octanol–water partition coefficient (Wildman–Crippen LogP) is 1.17. The molecule has 2 N–H and O–H groups in total. The number of hydrogen-bond acceptors (Lipinski definition) is 3. The van der Waals surface area contributed by atoms with Crippen molar-refractivity contribution in [3.8, 4) is 0 Å². The van der Waals surface area contributed by atoms with Crippen LogP contribution in [0.25, 0.3) is 0 Å². The zero-order valence-electron chi connectivity index (χ0n) is 10.4. The number of hydrogen-bond donors (Lipinski definition) is 2. The Kier molecular flexibility index (Phi) is 5.77. The Morgan fingerprint density at radius 1 is 1.56 bits per heavy atom. The zero-order chi connectivity index (χ0) is 12.0. The van der Waals surface area contributed by atoms with E-state index >= 15 is 0 Å². The third kappa shape index (κ3) is 5.47. The fourth-order valence-corrected chi connectivity index (χ4v) is 2.18. The molecule has 0 aromatic rings. The van der Waals surface area contributed by atoms with Gasteiger partial charge in [-0.1, -0.05) is 13.8 Å². The van der Waals surface area contributed by atoms with Crippen molar-refractivity contribution in [1.82, 2.24) is 10.2 Å². The highest BCUT2D eigenvalue weighted by Gasteiger charge is 2.19. The molecule has 0 aliphatic carbocycles. The van der Waals surface area contributed by atoms with Gasteiger partial charge in [0.2, 0.25) is 0 Å². The molecule has 0 saturated carbocycles. The minimum absolute atomic E-state index is 0.268. The van der Waals surface area contributed by atoms with Crippen molar-refractivity contribution in [2.24, 2.45) is 5.92 Å². The zero-order valence-corrected chi connectivity index (χ0v) is 10.4. The van der Waals surface area contributed by atoms with Gasteiger partial charge in [-0.15, -0.1) is 0 Å². The molecule has 1 unspecified atom stereocenters.